The van der Waals surface area contributed by atoms with Gasteiger partial charge in [0, 0.05) is 55.6 Å². The molecule has 0 bridgehead atoms. The minimum atomic E-state index is -0.832. The standard InChI is InChI=1S/C20H26N2O3/c1-13-11-15(13)19(23)21-8-5-14-12-22-17-4-2-3-16(18(14)17)20(24)6-9-25-10-7-20/h2-4,12-13,15,22,24H,5-11H2,1H3,(H,21,23). The molecule has 2 fully saturated rings. The van der Waals surface area contributed by atoms with Crippen molar-refractivity contribution in [1.82, 2.24) is 10.3 Å². The van der Waals surface area contributed by atoms with Crippen molar-refractivity contribution in [2.24, 2.45) is 11.8 Å². The van der Waals surface area contributed by atoms with Gasteiger partial charge in [0.1, 0.15) is 0 Å². The number of nitrogens with one attached hydrogen (secondary N) is 2. The maximum atomic E-state index is 12.0. The Kier molecular flexibility index (Phi) is 4.29. The molecule has 4 rings (SSSR count). The first-order chi connectivity index (χ1) is 12.1. The number of hydrogen-bond donors (Lipinski definition) is 3. The fraction of sp³-hybridized carbons (Fsp3) is 0.550. The van der Waals surface area contributed by atoms with Gasteiger partial charge in [-0.05, 0) is 36.0 Å². The second-order valence-electron chi connectivity index (χ2n) is 7.55. The summed E-state index contributed by atoms with van der Waals surface area (Å²) in [6, 6.07) is 6.05. The summed E-state index contributed by atoms with van der Waals surface area (Å²) >= 11 is 0. The lowest BCUT2D eigenvalue weighted by atomic mass is 9.83. The van der Waals surface area contributed by atoms with Crippen LogP contribution in [0.4, 0.5) is 0 Å². The lowest BCUT2D eigenvalue weighted by Gasteiger charge is -2.33. The average molecular weight is 342 g/mol. The van der Waals surface area contributed by atoms with E-state index in [0.29, 0.717) is 38.5 Å². The zero-order valence-electron chi connectivity index (χ0n) is 14.7. The number of aromatic nitrogens is 1. The molecule has 134 valence electrons. The first kappa shape index (κ1) is 16.6. The Morgan fingerprint density at radius 2 is 2.16 bits per heavy atom. The van der Waals surface area contributed by atoms with Crippen molar-refractivity contribution in [3.63, 3.8) is 0 Å². The highest BCUT2D eigenvalue weighted by atomic mass is 16.5. The van der Waals surface area contributed by atoms with E-state index in [4.69, 9.17) is 4.74 Å². The van der Waals surface area contributed by atoms with Crippen molar-refractivity contribution in [3.05, 3.63) is 35.5 Å². The average Bonchev–Trinajstić information content (AvgIpc) is 3.21. The summed E-state index contributed by atoms with van der Waals surface area (Å²) < 4.78 is 5.42. The number of H-pyrrole nitrogens is 1. The fourth-order valence-electron chi connectivity index (χ4n) is 3.96. The van der Waals surface area contributed by atoms with Crippen molar-refractivity contribution in [1.29, 1.82) is 0 Å². The molecule has 1 aromatic heterocycles. The molecule has 5 heteroatoms. The van der Waals surface area contributed by atoms with E-state index in [9.17, 15) is 9.90 Å². The lowest BCUT2D eigenvalue weighted by molar-refractivity contribution is -0.122. The Balaban J connectivity index is 1.54. The predicted octanol–water partition coefficient (Wildman–Crippen LogP) is 2.48. The summed E-state index contributed by atoms with van der Waals surface area (Å²) in [6.07, 6.45) is 5.01. The van der Waals surface area contributed by atoms with E-state index in [2.05, 4.69) is 17.2 Å². The van der Waals surface area contributed by atoms with Gasteiger partial charge >= 0.3 is 0 Å². The number of benzene rings is 1. The van der Waals surface area contributed by atoms with E-state index in [1.165, 1.54) is 0 Å². The smallest absolute Gasteiger partial charge is 0.223 e. The molecule has 2 unspecified atom stereocenters. The number of carbonyl (C=O) groups is 1. The van der Waals surface area contributed by atoms with Gasteiger partial charge in [-0.2, -0.15) is 0 Å². The molecule has 1 aliphatic heterocycles. The number of aromatic amines is 1. The Morgan fingerprint density at radius 3 is 2.88 bits per heavy atom. The molecule has 5 nitrogen and oxygen atoms in total. The van der Waals surface area contributed by atoms with Crippen molar-refractivity contribution in [3.8, 4) is 0 Å². The molecule has 0 spiro atoms. The highest BCUT2D eigenvalue weighted by Crippen LogP contribution is 2.38. The van der Waals surface area contributed by atoms with Crippen LogP contribution in [-0.4, -0.2) is 35.8 Å². The number of fused-ring (bicyclic) bond motifs is 1. The summed E-state index contributed by atoms with van der Waals surface area (Å²) in [7, 11) is 0. The SMILES string of the molecule is CC1CC1C(=O)NCCc1c[nH]c2cccc(C3(O)CCOCC3)c12. The quantitative estimate of drug-likeness (QED) is 0.781. The van der Waals surface area contributed by atoms with Crippen LogP contribution in [0.1, 0.15) is 37.3 Å². The first-order valence-electron chi connectivity index (χ1n) is 9.26. The van der Waals surface area contributed by atoms with Gasteiger partial charge in [-0.25, -0.2) is 0 Å². The molecule has 0 radical (unpaired) electrons. The molecule has 1 amide bonds. The topological polar surface area (TPSA) is 74.4 Å². The zero-order chi connectivity index (χ0) is 17.4. The number of ether oxygens (including phenoxy) is 1. The van der Waals surface area contributed by atoms with Gasteiger partial charge in [0.05, 0.1) is 5.60 Å². The van der Waals surface area contributed by atoms with Crippen LogP contribution >= 0.6 is 0 Å². The third-order valence-electron chi connectivity index (χ3n) is 5.75. The second kappa shape index (κ2) is 6.46. The number of carbonyl (C=O) groups excluding carboxylic acids is 1. The molecule has 25 heavy (non-hydrogen) atoms. The van der Waals surface area contributed by atoms with Crippen LogP contribution in [0.3, 0.4) is 0 Å². The van der Waals surface area contributed by atoms with Crippen LogP contribution in [0.2, 0.25) is 0 Å². The van der Waals surface area contributed by atoms with Gasteiger partial charge in [-0.15, -0.1) is 0 Å². The van der Waals surface area contributed by atoms with Crippen LogP contribution in [0.5, 0.6) is 0 Å². The molecule has 2 aromatic rings. The maximum Gasteiger partial charge on any atom is 0.223 e. The largest absolute Gasteiger partial charge is 0.385 e. The Hall–Kier alpha value is -1.85. The van der Waals surface area contributed by atoms with Crippen molar-refractivity contribution >= 4 is 16.8 Å². The van der Waals surface area contributed by atoms with E-state index >= 15 is 0 Å². The summed E-state index contributed by atoms with van der Waals surface area (Å²) in [5.74, 6) is 0.916. The molecule has 1 saturated carbocycles. The molecule has 3 N–H and O–H groups in total. The minimum absolute atomic E-state index is 0.177. The normalized spacial score (nSPS) is 25.0. The van der Waals surface area contributed by atoms with E-state index in [1.54, 1.807) is 0 Å². The second-order valence-corrected chi connectivity index (χ2v) is 7.55. The molecule has 2 aliphatic rings. The molecule has 1 saturated heterocycles. The Labute approximate surface area is 147 Å². The van der Waals surface area contributed by atoms with Crippen LogP contribution in [0.25, 0.3) is 10.9 Å². The number of aliphatic hydroxyl groups is 1. The van der Waals surface area contributed by atoms with Gasteiger partial charge < -0.3 is 20.1 Å². The van der Waals surface area contributed by atoms with E-state index in [1.807, 2.05) is 24.4 Å². The van der Waals surface area contributed by atoms with E-state index in [-0.39, 0.29) is 11.8 Å². The lowest BCUT2D eigenvalue weighted by Crippen LogP contribution is -2.33. The highest BCUT2D eigenvalue weighted by molar-refractivity contribution is 5.87. The first-order valence-corrected chi connectivity index (χ1v) is 9.26. The van der Waals surface area contributed by atoms with Gasteiger partial charge in [0.25, 0.3) is 0 Å². The summed E-state index contributed by atoms with van der Waals surface area (Å²) in [4.78, 5) is 15.3. The monoisotopic (exact) mass is 342 g/mol. The van der Waals surface area contributed by atoms with Crippen molar-refractivity contribution in [2.45, 2.75) is 38.2 Å². The van der Waals surface area contributed by atoms with Crippen LogP contribution in [0.15, 0.2) is 24.4 Å². The zero-order valence-corrected chi connectivity index (χ0v) is 14.7. The molecular weight excluding hydrogens is 316 g/mol. The van der Waals surface area contributed by atoms with E-state index in [0.717, 1.165) is 34.9 Å². The molecule has 2 heterocycles. The summed E-state index contributed by atoms with van der Waals surface area (Å²) in [5, 5.41) is 15.3. The van der Waals surface area contributed by atoms with Crippen LogP contribution in [-0.2, 0) is 21.6 Å². The molecule has 2 atom stereocenters. The third-order valence-corrected chi connectivity index (χ3v) is 5.75. The van der Waals surface area contributed by atoms with Crippen molar-refractivity contribution in [2.75, 3.05) is 19.8 Å². The highest BCUT2D eigenvalue weighted by Gasteiger charge is 2.38. The summed E-state index contributed by atoms with van der Waals surface area (Å²) in [6.45, 7) is 3.92. The Bertz CT molecular complexity index is 776. The maximum absolute atomic E-state index is 12.0. The Morgan fingerprint density at radius 1 is 1.40 bits per heavy atom. The van der Waals surface area contributed by atoms with Crippen LogP contribution in [0, 0.1) is 11.8 Å². The fourth-order valence-corrected chi connectivity index (χ4v) is 3.96. The van der Waals surface area contributed by atoms with Gasteiger partial charge in [0.2, 0.25) is 5.91 Å². The molecule has 1 aliphatic carbocycles. The summed E-state index contributed by atoms with van der Waals surface area (Å²) in [5.41, 5.74) is 2.33. The van der Waals surface area contributed by atoms with E-state index < -0.39 is 5.60 Å². The number of amides is 1. The minimum Gasteiger partial charge on any atom is -0.385 e. The van der Waals surface area contributed by atoms with Gasteiger partial charge in [-0.1, -0.05) is 19.1 Å². The number of hydrogen-bond acceptors (Lipinski definition) is 3. The molecular formula is C20H26N2O3. The number of rotatable bonds is 5. The van der Waals surface area contributed by atoms with Crippen molar-refractivity contribution < 1.29 is 14.6 Å². The molecule has 1 aromatic carbocycles. The van der Waals surface area contributed by atoms with Gasteiger partial charge in [0.15, 0.2) is 0 Å². The van der Waals surface area contributed by atoms with Gasteiger partial charge in [-0.3, -0.25) is 4.79 Å². The van der Waals surface area contributed by atoms with Crippen LogP contribution < -0.4 is 5.32 Å². The third kappa shape index (κ3) is 3.18. The predicted molar refractivity (Wildman–Crippen MR) is 96.2 cm³/mol.